The molecule has 172 valence electrons. The maximum atomic E-state index is 13.4. The largest absolute Gasteiger partial charge is 0.376 e. The van der Waals surface area contributed by atoms with Gasteiger partial charge in [0.25, 0.3) is 0 Å². The summed E-state index contributed by atoms with van der Waals surface area (Å²) in [5.41, 5.74) is 3.33. The summed E-state index contributed by atoms with van der Waals surface area (Å²) in [4.78, 5) is 12.8. The first-order valence-corrected chi connectivity index (χ1v) is 12.5. The zero-order valence-electron chi connectivity index (χ0n) is 18.4. The Balaban J connectivity index is 1.30. The van der Waals surface area contributed by atoms with E-state index in [1.165, 1.54) is 35.0 Å². The van der Waals surface area contributed by atoms with Crippen molar-refractivity contribution < 1.29 is 13.9 Å². The number of aromatic nitrogens is 3. The second kappa shape index (κ2) is 10.1. The minimum atomic E-state index is -0.292. The third-order valence-corrected chi connectivity index (χ3v) is 7.23. The van der Waals surface area contributed by atoms with Crippen LogP contribution in [-0.4, -0.2) is 39.1 Å². The number of fused-ring (bicyclic) bond motifs is 1. The van der Waals surface area contributed by atoms with Crippen molar-refractivity contribution in [2.75, 3.05) is 12.4 Å². The number of halogens is 1. The highest BCUT2D eigenvalue weighted by molar-refractivity contribution is 7.99. The van der Waals surface area contributed by atoms with Crippen LogP contribution in [0.4, 0.5) is 4.39 Å². The second-order valence-corrected chi connectivity index (χ2v) is 9.50. The first kappa shape index (κ1) is 22.1. The zero-order chi connectivity index (χ0) is 22.6. The number of aryl methyl sites for hydroxylation is 1. The number of carbonyl (C=O) groups excluding carboxylic acids is 1. The van der Waals surface area contributed by atoms with E-state index in [4.69, 9.17) is 4.74 Å². The number of ether oxygens (including phenoxy) is 1. The van der Waals surface area contributed by atoms with Crippen LogP contribution in [0.25, 0.3) is 11.4 Å². The van der Waals surface area contributed by atoms with Crippen LogP contribution in [-0.2, 0) is 22.5 Å². The predicted octanol–water partition coefficient (Wildman–Crippen LogP) is 4.55. The number of hydrogen-bond acceptors (Lipinski definition) is 5. The lowest BCUT2D eigenvalue weighted by Crippen LogP contribution is -2.32. The molecule has 0 unspecified atom stereocenters. The van der Waals surface area contributed by atoms with Crippen molar-refractivity contribution in [3.05, 3.63) is 65.5 Å². The highest BCUT2D eigenvalue weighted by Gasteiger charge is 2.24. The average Bonchev–Trinajstić information content (AvgIpc) is 3.49. The second-order valence-electron chi connectivity index (χ2n) is 8.56. The molecular weight excluding hydrogens is 439 g/mol. The Kier molecular flexibility index (Phi) is 6.73. The number of rotatable bonds is 7. The van der Waals surface area contributed by atoms with Gasteiger partial charge in [-0.05, 0) is 67.5 Å². The number of nitrogens with one attached hydrogen (secondary N) is 1. The van der Waals surface area contributed by atoms with Crippen LogP contribution in [0.2, 0.25) is 0 Å². The lowest BCUT2D eigenvalue weighted by molar-refractivity contribution is -0.119. The molecular formula is C25H27FN4O2S. The Morgan fingerprint density at radius 2 is 1.97 bits per heavy atom. The summed E-state index contributed by atoms with van der Waals surface area (Å²) < 4.78 is 21.2. The SMILES string of the molecule is O=C(CSc1nnc(-c2ccc(F)cc2)n1C[C@H]1CCCO1)N[C@@H]1CCCc2ccccc21. The van der Waals surface area contributed by atoms with Gasteiger partial charge in [-0.25, -0.2) is 4.39 Å². The van der Waals surface area contributed by atoms with Crippen molar-refractivity contribution in [2.45, 2.75) is 56.0 Å². The van der Waals surface area contributed by atoms with Crippen molar-refractivity contribution in [1.29, 1.82) is 0 Å². The maximum absolute atomic E-state index is 13.4. The summed E-state index contributed by atoms with van der Waals surface area (Å²) in [7, 11) is 0. The number of thioether (sulfide) groups is 1. The van der Waals surface area contributed by atoms with Gasteiger partial charge in [0.15, 0.2) is 11.0 Å². The third-order valence-electron chi connectivity index (χ3n) is 6.27. The molecule has 1 aromatic heterocycles. The van der Waals surface area contributed by atoms with Gasteiger partial charge in [-0.15, -0.1) is 10.2 Å². The van der Waals surface area contributed by atoms with E-state index < -0.39 is 0 Å². The molecule has 0 bridgehead atoms. The highest BCUT2D eigenvalue weighted by atomic mass is 32.2. The van der Waals surface area contributed by atoms with E-state index in [9.17, 15) is 9.18 Å². The smallest absolute Gasteiger partial charge is 0.230 e. The Morgan fingerprint density at radius 3 is 2.79 bits per heavy atom. The van der Waals surface area contributed by atoms with Crippen molar-refractivity contribution in [3.63, 3.8) is 0 Å². The van der Waals surface area contributed by atoms with Crippen molar-refractivity contribution in [1.82, 2.24) is 20.1 Å². The summed E-state index contributed by atoms with van der Waals surface area (Å²) in [6, 6.07) is 14.6. The Morgan fingerprint density at radius 1 is 1.12 bits per heavy atom. The van der Waals surface area contributed by atoms with E-state index in [1.807, 2.05) is 10.6 Å². The zero-order valence-corrected chi connectivity index (χ0v) is 19.2. The molecule has 1 fully saturated rings. The topological polar surface area (TPSA) is 69.0 Å². The van der Waals surface area contributed by atoms with Crippen molar-refractivity contribution in [3.8, 4) is 11.4 Å². The summed E-state index contributed by atoms with van der Waals surface area (Å²) in [6.45, 7) is 1.37. The Bertz CT molecular complexity index is 1110. The van der Waals surface area contributed by atoms with Crippen LogP contribution in [0.5, 0.6) is 0 Å². The monoisotopic (exact) mass is 466 g/mol. The van der Waals surface area contributed by atoms with E-state index in [1.54, 1.807) is 12.1 Å². The maximum Gasteiger partial charge on any atom is 0.230 e. The van der Waals surface area contributed by atoms with Crippen LogP contribution in [0.15, 0.2) is 53.7 Å². The fourth-order valence-electron chi connectivity index (χ4n) is 4.63. The van der Waals surface area contributed by atoms with Gasteiger partial charge in [0, 0.05) is 12.2 Å². The van der Waals surface area contributed by atoms with E-state index in [0.29, 0.717) is 17.5 Å². The molecule has 5 rings (SSSR count). The van der Waals surface area contributed by atoms with Gasteiger partial charge < -0.3 is 10.1 Å². The number of hydrogen-bond donors (Lipinski definition) is 1. The minimum Gasteiger partial charge on any atom is -0.376 e. The van der Waals surface area contributed by atoms with Gasteiger partial charge in [-0.2, -0.15) is 0 Å². The summed E-state index contributed by atoms with van der Waals surface area (Å²) in [6.07, 6.45) is 5.20. The van der Waals surface area contributed by atoms with Crippen LogP contribution in [0.3, 0.4) is 0 Å². The molecule has 6 nitrogen and oxygen atoms in total. The number of nitrogens with zero attached hydrogens (tertiary/aromatic N) is 3. The van der Waals surface area contributed by atoms with Gasteiger partial charge >= 0.3 is 0 Å². The van der Waals surface area contributed by atoms with Gasteiger partial charge in [0.05, 0.1) is 24.4 Å². The van der Waals surface area contributed by atoms with E-state index >= 15 is 0 Å². The van der Waals surface area contributed by atoms with Gasteiger partial charge in [0.2, 0.25) is 5.91 Å². The standard InChI is InChI=1S/C25H27FN4O2S/c26-19-12-10-18(11-13-19)24-28-29-25(30(24)15-20-7-4-14-32-20)33-16-23(31)27-22-9-3-6-17-5-1-2-8-21(17)22/h1-2,5,8,10-13,20,22H,3-4,6-7,9,14-16H2,(H,27,31)/t20-,22-/m1/s1. The number of amides is 1. The molecule has 1 aliphatic heterocycles. The van der Waals surface area contributed by atoms with Gasteiger partial charge in [-0.1, -0.05) is 36.0 Å². The molecule has 0 saturated carbocycles. The van der Waals surface area contributed by atoms with E-state index in [0.717, 1.165) is 44.3 Å². The molecule has 1 amide bonds. The fraction of sp³-hybridized carbons (Fsp3) is 0.400. The normalized spacial score (nSPS) is 19.9. The molecule has 0 spiro atoms. The molecule has 2 aliphatic rings. The Labute approximate surface area is 196 Å². The summed E-state index contributed by atoms with van der Waals surface area (Å²) >= 11 is 1.37. The molecule has 1 saturated heterocycles. The van der Waals surface area contributed by atoms with Crippen LogP contribution < -0.4 is 5.32 Å². The molecule has 2 heterocycles. The summed E-state index contributed by atoms with van der Waals surface area (Å²) in [5, 5.41) is 12.6. The van der Waals surface area contributed by atoms with Crippen LogP contribution in [0, 0.1) is 5.82 Å². The van der Waals surface area contributed by atoms with E-state index in [-0.39, 0.29) is 29.6 Å². The van der Waals surface area contributed by atoms with E-state index in [2.05, 4.69) is 33.7 Å². The molecule has 1 aliphatic carbocycles. The molecule has 0 radical (unpaired) electrons. The number of carbonyl (C=O) groups is 1. The lowest BCUT2D eigenvalue weighted by Gasteiger charge is -2.26. The van der Waals surface area contributed by atoms with Crippen LogP contribution >= 0.6 is 11.8 Å². The molecule has 3 aromatic rings. The van der Waals surface area contributed by atoms with Crippen LogP contribution in [0.1, 0.15) is 42.9 Å². The first-order chi connectivity index (χ1) is 16.2. The summed E-state index contributed by atoms with van der Waals surface area (Å²) in [5.74, 6) is 0.608. The molecule has 8 heteroatoms. The Hall–Kier alpha value is -2.71. The van der Waals surface area contributed by atoms with Crippen molar-refractivity contribution in [2.24, 2.45) is 0 Å². The highest BCUT2D eigenvalue weighted by Crippen LogP contribution is 2.30. The molecule has 2 aromatic carbocycles. The lowest BCUT2D eigenvalue weighted by atomic mass is 9.88. The molecule has 33 heavy (non-hydrogen) atoms. The molecule has 2 atom stereocenters. The third kappa shape index (κ3) is 5.12. The average molecular weight is 467 g/mol. The van der Waals surface area contributed by atoms with Gasteiger partial charge in [0.1, 0.15) is 5.82 Å². The minimum absolute atomic E-state index is 0.0169. The fourth-order valence-corrected chi connectivity index (χ4v) is 5.39. The predicted molar refractivity (Wildman–Crippen MR) is 125 cm³/mol. The first-order valence-electron chi connectivity index (χ1n) is 11.5. The number of benzene rings is 2. The van der Waals surface area contributed by atoms with Crippen molar-refractivity contribution >= 4 is 17.7 Å². The van der Waals surface area contributed by atoms with Gasteiger partial charge in [-0.3, -0.25) is 9.36 Å². The molecule has 1 N–H and O–H groups in total. The quantitative estimate of drug-likeness (QED) is 0.518.